The van der Waals surface area contributed by atoms with Gasteiger partial charge in [-0.3, -0.25) is 4.79 Å². The fourth-order valence-electron chi connectivity index (χ4n) is 1.45. The molecule has 0 radical (unpaired) electrons. The van der Waals surface area contributed by atoms with Gasteiger partial charge in [-0.2, -0.15) is 0 Å². The zero-order valence-electron chi connectivity index (χ0n) is 11.0. The lowest BCUT2D eigenvalue weighted by molar-refractivity contribution is 0.0889. The van der Waals surface area contributed by atoms with Crippen LogP contribution in [0, 0.1) is 0 Å². The van der Waals surface area contributed by atoms with E-state index in [1.807, 2.05) is 13.8 Å². The van der Waals surface area contributed by atoms with Crippen LogP contribution in [0.4, 0.5) is 0 Å². The first-order chi connectivity index (χ1) is 7.96. The van der Waals surface area contributed by atoms with E-state index in [0.717, 1.165) is 0 Å². The highest BCUT2D eigenvalue weighted by atomic mass is 16.5. The van der Waals surface area contributed by atoms with Crippen molar-refractivity contribution in [2.75, 3.05) is 21.3 Å². The molecular weight excluding hydrogens is 218 g/mol. The molecule has 0 atom stereocenters. The summed E-state index contributed by atoms with van der Waals surface area (Å²) in [6.45, 7) is 3.68. The average Bonchev–Trinajstić information content (AvgIpc) is 2.36. The van der Waals surface area contributed by atoms with E-state index in [0.29, 0.717) is 17.1 Å². The molecular formula is C13H19NO3. The molecule has 0 aromatic heterocycles. The molecule has 1 rings (SSSR count). The quantitative estimate of drug-likeness (QED) is 0.794. The van der Waals surface area contributed by atoms with Gasteiger partial charge in [0.05, 0.1) is 19.8 Å². The van der Waals surface area contributed by atoms with E-state index in [-0.39, 0.29) is 5.78 Å². The Morgan fingerprint density at radius 2 is 1.76 bits per heavy atom. The summed E-state index contributed by atoms with van der Waals surface area (Å²) in [6.07, 6.45) is 0. The van der Waals surface area contributed by atoms with Crippen LogP contribution < -0.4 is 14.8 Å². The highest BCUT2D eigenvalue weighted by Crippen LogP contribution is 2.28. The number of hydrogen-bond acceptors (Lipinski definition) is 4. The molecule has 17 heavy (non-hydrogen) atoms. The molecule has 0 aliphatic rings. The maximum Gasteiger partial charge on any atom is 0.182 e. The van der Waals surface area contributed by atoms with E-state index in [9.17, 15) is 4.79 Å². The zero-order valence-corrected chi connectivity index (χ0v) is 11.0. The molecule has 0 unspecified atom stereocenters. The molecule has 0 fully saturated rings. The molecule has 0 aliphatic carbocycles. The van der Waals surface area contributed by atoms with Crippen LogP contribution in [0.25, 0.3) is 0 Å². The molecule has 94 valence electrons. The third kappa shape index (κ3) is 2.77. The fraction of sp³-hybridized carbons (Fsp3) is 0.462. The first-order valence-corrected chi connectivity index (χ1v) is 5.42. The van der Waals surface area contributed by atoms with Crippen LogP contribution in [-0.4, -0.2) is 32.6 Å². The minimum atomic E-state index is -0.598. The molecule has 0 heterocycles. The van der Waals surface area contributed by atoms with Crippen molar-refractivity contribution in [1.29, 1.82) is 0 Å². The van der Waals surface area contributed by atoms with Gasteiger partial charge in [0, 0.05) is 5.56 Å². The summed E-state index contributed by atoms with van der Waals surface area (Å²) in [5.74, 6) is 1.19. The second-order valence-electron chi connectivity index (χ2n) is 4.27. The van der Waals surface area contributed by atoms with Crippen LogP contribution in [0.15, 0.2) is 18.2 Å². The predicted octanol–water partition coefficient (Wildman–Crippen LogP) is 1.88. The number of likely N-dealkylation sites (N-methyl/N-ethyl adjacent to an activating group) is 1. The smallest absolute Gasteiger partial charge is 0.182 e. The number of hydrogen-bond donors (Lipinski definition) is 1. The minimum Gasteiger partial charge on any atom is -0.493 e. The van der Waals surface area contributed by atoms with E-state index >= 15 is 0 Å². The van der Waals surface area contributed by atoms with Gasteiger partial charge in [0.2, 0.25) is 0 Å². The second-order valence-corrected chi connectivity index (χ2v) is 4.27. The van der Waals surface area contributed by atoms with Crippen molar-refractivity contribution in [3.05, 3.63) is 23.8 Å². The SMILES string of the molecule is CNC(C)(C)C(=O)c1ccc(OC)c(OC)c1. The van der Waals surface area contributed by atoms with Gasteiger partial charge in [-0.1, -0.05) is 0 Å². The lowest BCUT2D eigenvalue weighted by Crippen LogP contribution is -2.44. The second kappa shape index (κ2) is 5.19. The zero-order chi connectivity index (χ0) is 13.1. The number of benzene rings is 1. The fourth-order valence-corrected chi connectivity index (χ4v) is 1.45. The molecule has 1 aromatic carbocycles. The molecule has 4 nitrogen and oxygen atoms in total. The first-order valence-electron chi connectivity index (χ1n) is 5.42. The summed E-state index contributed by atoms with van der Waals surface area (Å²) in [7, 11) is 4.88. The number of carbonyl (C=O) groups is 1. The lowest BCUT2D eigenvalue weighted by atomic mass is 9.93. The maximum atomic E-state index is 12.2. The Morgan fingerprint density at radius 1 is 1.18 bits per heavy atom. The Morgan fingerprint density at radius 3 is 2.24 bits per heavy atom. The Balaban J connectivity index is 3.12. The molecule has 0 spiro atoms. The van der Waals surface area contributed by atoms with Crippen LogP contribution in [0.2, 0.25) is 0 Å². The number of rotatable bonds is 5. The van der Waals surface area contributed by atoms with E-state index in [1.165, 1.54) is 0 Å². The highest BCUT2D eigenvalue weighted by Gasteiger charge is 2.27. The van der Waals surface area contributed by atoms with E-state index < -0.39 is 5.54 Å². The van der Waals surface area contributed by atoms with E-state index in [1.54, 1.807) is 39.5 Å². The number of nitrogens with one attached hydrogen (secondary N) is 1. The Kier molecular flexibility index (Phi) is 4.12. The monoisotopic (exact) mass is 237 g/mol. The van der Waals surface area contributed by atoms with Crippen molar-refractivity contribution in [2.24, 2.45) is 0 Å². The normalized spacial score (nSPS) is 11.1. The summed E-state index contributed by atoms with van der Waals surface area (Å²) < 4.78 is 10.3. The number of methoxy groups -OCH3 is 2. The van der Waals surface area contributed by atoms with Gasteiger partial charge in [0.25, 0.3) is 0 Å². The highest BCUT2D eigenvalue weighted by molar-refractivity contribution is 6.03. The summed E-state index contributed by atoms with van der Waals surface area (Å²) in [4.78, 5) is 12.2. The van der Waals surface area contributed by atoms with Crippen LogP contribution >= 0.6 is 0 Å². The maximum absolute atomic E-state index is 12.2. The van der Waals surface area contributed by atoms with Gasteiger partial charge in [-0.25, -0.2) is 0 Å². The summed E-state index contributed by atoms with van der Waals surface area (Å²) in [6, 6.07) is 5.17. The topological polar surface area (TPSA) is 47.6 Å². The molecule has 4 heteroatoms. The molecule has 0 bridgehead atoms. The van der Waals surface area contributed by atoms with Crippen LogP contribution in [0.5, 0.6) is 11.5 Å². The Hall–Kier alpha value is -1.55. The number of Topliss-reactive ketones (excluding diaryl/α,β-unsaturated/α-hetero) is 1. The number of carbonyl (C=O) groups excluding carboxylic acids is 1. The molecule has 1 aromatic rings. The minimum absolute atomic E-state index is 0.0148. The Bertz CT molecular complexity index is 413. The number of ketones is 1. The first kappa shape index (κ1) is 13.5. The summed E-state index contributed by atoms with van der Waals surface area (Å²) >= 11 is 0. The van der Waals surface area contributed by atoms with Crippen molar-refractivity contribution >= 4 is 5.78 Å². The van der Waals surface area contributed by atoms with Crippen LogP contribution in [0.3, 0.4) is 0 Å². The predicted molar refractivity (Wildman–Crippen MR) is 67.0 cm³/mol. The van der Waals surface area contributed by atoms with Crippen molar-refractivity contribution in [3.8, 4) is 11.5 Å². The van der Waals surface area contributed by atoms with Gasteiger partial charge >= 0.3 is 0 Å². The van der Waals surface area contributed by atoms with Gasteiger partial charge in [0.1, 0.15) is 0 Å². The third-order valence-electron chi connectivity index (χ3n) is 2.84. The molecule has 0 aliphatic heterocycles. The van der Waals surface area contributed by atoms with Crippen LogP contribution in [-0.2, 0) is 0 Å². The van der Waals surface area contributed by atoms with Crippen molar-refractivity contribution in [2.45, 2.75) is 19.4 Å². The Labute approximate surface area is 102 Å². The molecule has 0 amide bonds. The van der Waals surface area contributed by atoms with Gasteiger partial charge in [-0.15, -0.1) is 0 Å². The summed E-state index contributed by atoms with van der Waals surface area (Å²) in [5.41, 5.74) is 0.00145. The standard InChI is InChI=1S/C13H19NO3/c1-13(2,14-3)12(15)9-6-7-10(16-4)11(8-9)17-5/h6-8,14H,1-5H3. The van der Waals surface area contributed by atoms with Crippen molar-refractivity contribution in [1.82, 2.24) is 5.32 Å². The number of ether oxygens (including phenoxy) is 2. The van der Waals surface area contributed by atoms with Gasteiger partial charge in [0.15, 0.2) is 17.3 Å². The lowest BCUT2D eigenvalue weighted by Gasteiger charge is -2.22. The van der Waals surface area contributed by atoms with Crippen molar-refractivity contribution < 1.29 is 14.3 Å². The third-order valence-corrected chi connectivity index (χ3v) is 2.84. The summed E-state index contributed by atoms with van der Waals surface area (Å²) in [5, 5.41) is 2.98. The van der Waals surface area contributed by atoms with Crippen molar-refractivity contribution in [3.63, 3.8) is 0 Å². The largest absolute Gasteiger partial charge is 0.493 e. The average molecular weight is 237 g/mol. The van der Waals surface area contributed by atoms with E-state index in [2.05, 4.69) is 5.32 Å². The van der Waals surface area contributed by atoms with E-state index in [4.69, 9.17) is 9.47 Å². The van der Waals surface area contributed by atoms with Gasteiger partial charge < -0.3 is 14.8 Å². The molecule has 1 N–H and O–H groups in total. The molecule has 0 saturated carbocycles. The van der Waals surface area contributed by atoms with Gasteiger partial charge in [-0.05, 0) is 39.1 Å². The van der Waals surface area contributed by atoms with Crippen LogP contribution in [0.1, 0.15) is 24.2 Å². The molecule has 0 saturated heterocycles.